The monoisotopic (exact) mass is 405 g/mol. The zero-order chi connectivity index (χ0) is 18.6. The molecule has 1 aromatic carbocycles. The number of carbonyl (C=O) groups excluding carboxylic acids is 1. The zero-order valence-corrected chi connectivity index (χ0v) is 15.7. The molecular formula is C16H18Cl2FN3O2S. The lowest BCUT2D eigenvalue weighted by atomic mass is 10.0. The fourth-order valence-electron chi connectivity index (χ4n) is 2.16. The molecule has 0 radical (unpaired) electrons. The van der Waals surface area contributed by atoms with Crippen LogP contribution in [0.1, 0.15) is 29.6 Å². The van der Waals surface area contributed by atoms with E-state index in [1.807, 2.05) is 6.92 Å². The summed E-state index contributed by atoms with van der Waals surface area (Å²) in [4.78, 5) is 15.4. The SMILES string of the molecule is CC(N)c1ncc(-c2ccc([C@H](O)[C@@H](CF)NC(=O)C(Cl)Cl)cc2)s1. The first-order chi connectivity index (χ1) is 11.8. The quantitative estimate of drug-likeness (QED) is 0.617. The van der Waals surface area contributed by atoms with Crippen molar-refractivity contribution in [2.75, 3.05) is 6.67 Å². The fourth-order valence-corrected chi connectivity index (χ4v) is 3.16. The Morgan fingerprint density at radius 1 is 1.40 bits per heavy atom. The van der Waals surface area contributed by atoms with E-state index in [9.17, 15) is 14.3 Å². The van der Waals surface area contributed by atoms with Crippen LogP contribution in [0.25, 0.3) is 10.4 Å². The summed E-state index contributed by atoms with van der Waals surface area (Å²) in [5.74, 6) is -0.755. The number of nitrogens with zero attached hydrogens (tertiary/aromatic N) is 1. The van der Waals surface area contributed by atoms with Gasteiger partial charge in [-0.3, -0.25) is 4.79 Å². The zero-order valence-electron chi connectivity index (χ0n) is 13.3. The summed E-state index contributed by atoms with van der Waals surface area (Å²) in [6.07, 6.45) is 0.511. The Morgan fingerprint density at radius 3 is 2.52 bits per heavy atom. The number of amides is 1. The number of aromatic nitrogens is 1. The molecule has 4 N–H and O–H groups in total. The van der Waals surface area contributed by atoms with Gasteiger partial charge >= 0.3 is 0 Å². The molecule has 1 heterocycles. The average molecular weight is 406 g/mol. The fraction of sp³-hybridized carbons (Fsp3) is 0.375. The molecule has 0 saturated heterocycles. The van der Waals surface area contributed by atoms with Crippen molar-refractivity contribution in [1.29, 1.82) is 0 Å². The Kier molecular flexibility index (Phi) is 7.15. The van der Waals surface area contributed by atoms with E-state index in [0.29, 0.717) is 5.56 Å². The number of benzene rings is 1. The van der Waals surface area contributed by atoms with Crippen molar-refractivity contribution in [2.24, 2.45) is 5.73 Å². The Balaban J connectivity index is 2.13. The van der Waals surface area contributed by atoms with Crippen molar-refractivity contribution in [1.82, 2.24) is 10.3 Å². The standard InChI is InChI=1S/C16H18Cl2FN3O2S/c1-8(20)16-21-7-12(25-16)9-2-4-10(5-3-9)13(23)11(6-19)22-15(24)14(17)18/h2-5,7-8,11,13-14,23H,6,20H2,1H3,(H,22,24)/t8?,11-,13+/m1/s1. The minimum atomic E-state index is -1.32. The molecule has 0 aliphatic carbocycles. The van der Waals surface area contributed by atoms with E-state index in [0.717, 1.165) is 15.4 Å². The van der Waals surface area contributed by atoms with E-state index < -0.39 is 29.6 Å². The van der Waals surface area contributed by atoms with Crippen molar-refractivity contribution in [3.8, 4) is 10.4 Å². The van der Waals surface area contributed by atoms with Crippen molar-refractivity contribution in [2.45, 2.75) is 29.9 Å². The number of aliphatic hydroxyl groups is 1. The molecule has 0 saturated carbocycles. The van der Waals surface area contributed by atoms with Gasteiger partial charge in [0.1, 0.15) is 17.8 Å². The second-order valence-corrected chi connectivity index (χ2v) is 7.65. The predicted octanol–water partition coefficient (Wildman–Crippen LogP) is 3.12. The Bertz CT molecular complexity index is 710. The number of nitrogens with two attached hydrogens (primary N) is 1. The number of alkyl halides is 3. The lowest BCUT2D eigenvalue weighted by molar-refractivity contribution is -0.121. The molecule has 0 fully saturated rings. The van der Waals surface area contributed by atoms with Crippen LogP contribution in [0.2, 0.25) is 0 Å². The molecule has 2 rings (SSSR count). The molecule has 0 bridgehead atoms. The van der Waals surface area contributed by atoms with Gasteiger partial charge in [-0.05, 0) is 18.1 Å². The highest BCUT2D eigenvalue weighted by Gasteiger charge is 2.25. The molecule has 2 aromatic rings. The lowest BCUT2D eigenvalue weighted by Crippen LogP contribution is -2.43. The van der Waals surface area contributed by atoms with E-state index >= 15 is 0 Å². The molecule has 25 heavy (non-hydrogen) atoms. The van der Waals surface area contributed by atoms with E-state index in [1.54, 1.807) is 30.5 Å². The molecular weight excluding hydrogens is 388 g/mol. The van der Waals surface area contributed by atoms with Crippen molar-refractivity contribution < 1.29 is 14.3 Å². The summed E-state index contributed by atoms with van der Waals surface area (Å²) in [5.41, 5.74) is 7.17. The van der Waals surface area contributed by atoms with Gasteiger partial charge in [-0.2, -0.15) is 0 Å². The summed E-state index contributed by atoms with van der Waals surface area (Å²) in [5, 5.41) is 13.4. The Hall–Kier alpha value is -1.25. The number of hydrogen-bond acceptors (Lipinski definition) is 5. The van der Waals surface area contributed by atoms with Crippen LogP contribution in [-0.4, -0.2) is 33.6 Å². The average Bonchev–Trinajstić information content (AvgIpc) is 3.09. The number of carbonyl (C=O) groups is 1. The molecule has 3 atom stereocenters. The van der Waals surface area contributed by atoms with Crippen LogP contribution < -0.4 is 11.1 Å². The third kappa shape index (κ3) is 5.12. The van der Waals surface area contributed by atoms with E-state index in [-0.39, 0.29) is 6.04 Å². The maximum Gasteiger partial charge on any atom is 0.253 e. The third-order valence-electron chi connectivity index (χ3n) is 3.52. The first kappa shape index (κ1) is 20.1. The largest absolute Gasteiger partial charge is 0.386 e. The van der Waals surface area contributed by atoms with Gasteiger partial charge in [-0.25, -0.2) is 9.37 Å². The molecule has 1 unspecified atom stereocenters. The molecule has 0 aliphatic heterocycles. The summed E-state index contributed by atoms with van der Waals surface area (Å²) in [7, 11) is 0. The van der Waals surface area contributed by atoms with Gasteiger partial charge in [0.2, 0.25) is 0 Å². The highest BCUT2D eigenvalue weighted by molar-refractivity contribution is 7.15. The molecule has 5 nitrogen and oxygen atoms in total. The molecule has 9 heteroatoms. The normalized spacial score (nSPS) is 15.0. The number of rotatable bonds is 7. The minimum absolute atomic E-state index is 0.138. The van der Waals surface area contributed by atoms with Gasteiger partial charge in [0.25, 0.3) is 5.91 Å². The molecule has 1 amide bonds. The highest BCUT2D eigenvalue weighted by atomic mass is 35.5. The van der Waals surface area contributed by atoms with Crippen LogP contribution >= 0.6 is 34.5 Å². The maximum atomic E-state index is 13.2. The van der Waals surface area contributed by atoms with Crippen molar-refractivity contribution in [3.63, 3.8) is 0 Å². The molecule has 0 aliphatic rings. The lowest BCUT2D eigenvalue weighted by Gasteiger charge is -2.22. The predicted molar refractivity (Wildman–Crippen MR) is 98.5 cm³/mol. The van der Waals surface area contributed by atoms with Crippen LogP contribution in [0.4, 0.5) is 4.39 Å². The van der Waals surface area contributed by atoms with E-state index in [1.165, 1.54) is 11.3 Å². The summed E-state index contributed by atoms with van der Waals surface area (Å²) < 4.78 is 13.2. The van der Waals surface area contributed by atoms with Crippen LogP contribution in [0.3, 0.4) is 0 Å². The Labute approximate surface area is 159 Å². The van der Waals surface area contributed by atoms with Crippen LogP contribution in [0.15, 0.2) is 30.5 Å². The van der Waals surface area contributed by atoms with Crippen molar-refractivity contribution in [3.05, 3.63) is 41.0 Å². The van der Waals surface area contributed by atoms with E-state index in [2.05, 4.69) is 10.3 Å². The van der Waals surface area contributed by atoms with Gasteiger partial charge in [0.15, 0.2) is 4.84 Å². The van der Waals surface area contributed by atoms with E-state index in [4.69, 9.17) is 28.9 Å². The highest BCUT2D eigenvalue weighted by Crippen LogP contribution is 2.29. The second kappa shape index (κ2) is 8.91. The first-order valence-corrected chi connectivity index (χ1v) is 9.16. The Morgan fingerprint density at radius 2 is 2.04 bits per heavy atom. The van der Waals surface area contributed by atoms with Crippen LogP contribution in [-0.2, 0) is 4.79 Å². The molecule has 0 spiro atoms. The smallest absolute Gasteiger partial charge is 0.253 e. The number of thiazole rings is 1. The minimum Gasteiger partial charge on any atom is -0.386 e. The molecule has 1 aromatic heterocycles. The van der Waals surface area contributed by atoms with Crippen molar-refractivity contribution >= 4 is 40.4 Å². The summed E-state index contributed by atoms with van der Waals surface area (Å²) >= 11 is 12.3. The molecule has 136 valence electrons. The maximum absolute atomic E-state index is 13.2. The number of nitrogens with one attached hydrogen (secondary N) is 1. The first-order valence-electron chi connectivity index (χ1n) is 7.47. The number of aliphatic hydroxyl groups excluding tert-OH is 1. The second-order valence-electron chi connectivity index (χ2n) is 5.49. The summed E-state index contributed by atoms with van der Waals surface area (Å²) in [6, 6.07) is 5.64. The summed E-state index contributed by atoms with van der Waals surface area (Å²) in [6.45, 7) is 0.904. The van der Waals surface area contributed by atoms with Crippen LogP contribution in [0.5, 0.6) is 0 Å². The number of halogens is 3. The van der Waals surface area contributed by atoms with Gasteiger partial charge in [-0.1, -0.05) is 47.5 Å². The van der Waals surface area contributed by atoms with Crippen LogP contribution in [0, 0.1) is 0 Å². The van der Waals surface area contributed by atoms with Gasteiger partial charge in [0.05, 0.1) is 17.0 Å². The van der Waals surface area contributed by atoms with Gasteiger partial charge in [-0.15, -0.1) is 11.3 Å². The van der Waals surface area contributed by atoms with Gasteiger partial charge in [0, 0.05) is 6.20 Å². The number of hydrogen-bond donors (Lipinski definition) is 3. The van der Waals surface area contributed by atoms with Gasteiger partial charge < -0.3 is 16.2 Å². The third-order valence-corrected chi connectivity index (χ3v) is 5.17. The topological polar surface area (TPSA) is 88.2 Å².